The van der Waals surface area contributed by atoms with Crippen LogP contribution in [0.1, 0.15) is 0 Å². The Labute approximate surface area is 195 Å². The van der Waals surface area contributed by atoms with Crippen LogP contribution in [-0.2, 0) is 0 Å². The van der Waals surface area contributed by atoms with Crippen molar-refractivity contribution >= 4 is 0 Å². The van der Waals surface area contributed by atoms with Crippen LogP contribution in [0.3, 0.4) is 0 Å². The molecule has 7 heavy (non-hydrogen) atoms. The minimum absolute atomic E-state index is 0. The molecule has 0 amide bonds. The van der Waals surface area contributed by atoms with Crippen LogP contribution in [0.15, 0.2) is 0 Å². The minimum atomic E-state index is 0. The summed E-state index contributed by atoms with van der Waals surface area (Å²) in [5.74, 6) is 0. The van der Waals surface area contributed by atoms with Gasteiger partial charge < -0.3 is 11.0 Å². The van der Waals surface area contributed by atoms with E-state index in [1.807, 2.05) is 0 Å². The van der Waals surface area contributed by atoms with Crippen LogP contribution in [0, 0.1) is 0 Å². The van der Waals surface area contributed by atoms with E-state index in [0.717, 1.165) is 0 Å². The monoisotopic (exact) mass is 181 g/mol. The molecule has 0 radical (unpaired) electrons. The molecule has 0 saturated carbocycles. The second kappa shape index (κ2) is 39.8. The molecular formula is H2K2Na3O2+3. The summed E-state index contributed by atoms with van der Waals surface area (Å²) in [6, 6.07) is 0. The molecule has 0 saturated heterocycles. The molecule has 0 aliphatic carbocycles. The van der Waals surface area contributed by atoms with E-state index >= 15 is 0 Å². The fraction of sp³-hybridized carbons (Fsp3) is 0. The molecular weight excluding hydrogens is 179 g/mol. The van der Waals surface area contributed by atoms with Gasteiger partial charge >= 0.3 is 191 Å². The molecule has 0 spiro atoms. The van der Waals surface area contributed by atoms with Gasteiger partial charge in [0.25, 0.3) is 0 Å². The molecule has 2 N–H and O–H groups in total. The van der Waals surface area contributed by atoms with Crippen LogP contribution in [0.4, 0.5) is 0 Å². The molecule has 0 aromatic carbocycles. The second-order valence-electron chi connectivity index (χ2n) is 0. The van der Waals surface area contributed by atoms with E-state index in [0.29, 0.717) is 0 Å². The first-order chi connectivity index (χ1) is 0. The van der Waals surface area contributed by atoms with Crippen molar-refractivity contribution in [1.82, 2.24) is 0 Å². The zero-order valence-corrected chi connectivity index (χ0v) is 18.1. The van der Waals surface area contributed by atoms with Crippen LogP contribution in [0.5, 0.6) is 0 Å². The van der Waals surface area contributed by atoms with E-state index in [9.17, 15) is 0 Å². The predicted molar refractivity (Wildman–Crippen MR) is 3.87 cm³/mol. The summed E-state index contributed by atoms with van der Waals surface area (Å²) in [5.41, 5.74) is 0. The molecule has 16 valence electrons. The SMILES string of the molecule is [K+].[K+].[Na+].[Na+].[Na+].[OH-].[OH-]. The van der Waals surface area contributed by atoms with Crippen molar-refractivity contribution in [2.24, 2.45) is 0 Å². The topological polar surface area (TPSA) is 60.0 Å². The smallest absolute Gasteiger partial charge is 0.870 e. The Kier molecular flexibility index (Phi) is 291. The van der Waals surface area contributed by atoms with Gasteiger partial charge in [-0.15, -0.1) is 0 Å². The minimum Gasteiger partial charge on any atom is -0.870 e. The maximum Gasteiger partial charge on any atom is 1.00 e. The first-order valence-corrected chi connectivity index (χ1v) is 0. The number of rotatable bonds is 0. The number of hydrogen-bond acceptors (Lipinski definition) is 2. The van der Waals surface area contributed by atoms with Gasteiger partial charge in [0.15, 0.2) is 0 Å². The van der Waals surface area contributed by atoms with Gasteiger partial charge in [-0.1, -0.05) is 0 Å². The standard InChI is InChI=1S/2K.3Na.2H2O/h;;;;;2*1H2/q5*+1;;/p-2. The van der Waals surface area contributed by atoms with E-state index in [4.69, 9.17) is 0 Å². The van der Waals surface area contributed by atoms with Crippen LogP contribution in [0.2, 0.25) is 0 Å². The van der Waals surface area contributed by atoms with Gasteiger partial charge in [-0.3, -0.25) is 0 Å². The van der Waals surface area contributed by atoms with Gasteiger partial charge in [0.2, 0.25) is 0 Å². The fourth-order valence-corrected chi connectivity index (χ4v) is 0. The molecule has 0 aromatic rings. The molecule has 0 bridgehead atoms. The Morgan fingerprint density at radius 2 is 0.429 bits per heavy atom. The van der Waals surface area contributed by atoms with Crippen molar-refractivity contribution in [3.8, 4) is 0 Å². The van der Waals surface area contributed by atoms with Gasteiger partial charge in [-0.2, -0.15) is 0 Å². The van der Waals surface area contributed by atoms with Crippen LogP contribution in [-0.4, -0.2) is 11.0 Å². The summed E-state index contributed by atoms with van der Waals surface area (Å²) in [6.45, 7) is 0. The normalized spacial score (nSPS) is 0. The summed E-state index contributed by atoms with van der Waals surface area (Å²) in [4.78, 5) is 0. The first kappa shape index (κ1) is 51.1. The molecule has 0 fully saturated rings. The maximum absolute atomic E-state index is 0. The Morgan fingerprint density at radius 1 is 0.429 bits per heavy atom. The van der Waals surface area contributed by atoms with E-state index in [1.165, 1.54) is 0 Å². The van der Waals surface area contributed by atoms with Crippen molar-refractivity contribution in [2.75, 3.05) is 0 Å². The summed E-state index contributed by atoms with van der Waals surface area (Å²) >= 11 is 0. The van der Waals surface area contributed by atoms with Crippen molar-refractivity contribution in [3.05, 3.63) is 0 Å². The Morgan fingerprint density at radius 3 is 0.429 bits per heavy atom. The maximum atomic E-state index is 0. The molecule has 7 heteroatoms. The predicted octanol–water partition coefficient (Wildman–Crippen LogP) is -15.3. The summed E-state index contributed by atoms with van der Waals surface area (Å²) in [5, 5.41) is 0. The largest absolute Gasteiger partial charge is 1.00 e. The van der Waals surface area contributed by atoms with Gasteiger partial charge in [0, 0.05) is 0 Å². The molecule has 0 aliphatic heterocycles. The molecule has 0 heterocycles. The van der Waals surface area contributed by atoms with Crippen LogP contribution >= 0.6 is 0 Å². The van der Waals surface area contributed by atoms with Gasteiger partial charge in [0.05, 0.1) is 0 Å². The molecule has 0 atom stereocenters. The summed E-state index contributed by atoms with van der Waals surface area (Å²) in [7, 11) is 0. The van der Waals surface area contributed by atoms with E-state index in [2.05, 4.69) is 0 Å². The average molecular weight is 181 g/mol. The molecule has 0 rings (SSSR count). The van der Waals surface area contributed by atoms with Gasteiger partial charge in [-0.05, 0) is 0 Å². The number of hydrogen-bond donors (Lipinski definition) is 0. The first-order valence-electron chi connectivity index (χ1n) is 0. The van der Waals surface area contributed by atoms with Crippen molar-refractivity contribution in [1.29, 1.82) is 0 Å². The summed E-state index contributed by atoms with van der Waals surface area (Å²) < 4.78 is 0. The van der Waals surface area contributed by atoms with Gasteiger partial charge in [0.1, 0.15) is 0 Å². The van der Waals surface area contributed by atoms with Crippen molar-refractivity contribution in [2.45, 2.75) is 0 Å². The molecule has 2 nitrogen and oxygen atoms in total. The second-order valence-corrected chi connectivity index (χ2v) is 0. The third-order valence-electron chi connectivity index (χ3n) is 0. The van der Waals surface area contributed by atoms with Crippen LogP contribution in [0.25, 0.3) is 0 Å². The van der Waals surface area contributed by atoms with E-state index < -0.39 is 0 Å². The average Bonchev–Trinajstić information content (AvgIpc) is 0. The quantitative estimate of drug-likeness (QED) is 0.348. The zero-order valence-electron chi connectivity index (χ0n) is 5.89. The van der Waals surface area contributed by atoms with Gasteiger partial charge in [-0.25, -0.2) is 0 Å². The Balaban J connectivity index is 0. The van der Waals surface area contributed by atoms with Crippen LogP contribution < -0.4 is 191 Å². The van der Waals surface area contributed by atoms with Crippen molar-refractivity contribution < 1.29 is 202 Å². The Bertz CT molecular complexity index is 10.9. The summed E-state index contributed by atoms with van der Waals surface area (Å²) in [6.07, 6.45) is 0. The van der Waals surface area contributed by atoms with E-state index in [1.54, 1.807) is 0 Å². The zero-order chi connectivity index (χ0) is 0. The third-order valence-corrected chi connectivity index (χ3v) is 0. The Hall–Kier alpha value is 6.19. The van der Waals surface area contributed by atoms with Crippen molar-refractivity contribution in [3.63, 3.8) is 0 Å². The fourth-order valence-electron chi connectivity index (χ4n) is 0. The van der Waals surface area contributed by atoms with E-state index in [-0.39, 0.29) is 202 Å². The molecule has 0 aliphatic rings. The molecule has 0 aromatic heterocycles. The molecule has 0 unspecified atom stereocenters. The third kappa shape index (κ3) is 33.0.